The molecule has 0 spiro atoms. The molecule has 0 amide bonds. The summed E-state index contributed by atoms with van der Waals surface area (Å²) in [7, 11) is 0. The van der Waals surface area contributed by atoms with E-state index in [1.807, 2.05) is 0 Å². The van der Waals surface area contributed by atoms with E-state index in [0.717, 1.165) is 61.9 Å². The van der Waals surface area contributed by atoms with Crippen molar-refractivity contribution in [2.24, 2.45) is 0 Å². The van der Waals surface area contributed by atoms with E-state index in [1.54, 1.807) is 0 Å². The third-order valence-corrected chi connectivity index (χ3v) is 6.20. The van der Waals surface area contributed by atoms with Gasteiger partial charge in [0.2, 0.25) is 0 Å². The molecule has 0 unspecified atom stereocenters. The van der Waals surface area contributed by atoms with E-state index in [4.69, 9.17) is 0 Å². The first kappa shape index (κ1) is 36.2. The first-order valence-corrected chi connectivity index (χ1v) is 12.4. The van der Waals surface area contributed by atoms with Gasteiger partial charge in [0, 0.05) is 18.0 Å². The summed E-state index contributed by atoms with van der Waals surface area (Å²) < 4.78 is 204. The van der Waals surface area contributed by atoms with Crippen LogP contribution >= 0.6 is 0 Å². The summed E-state index contributed by atoms with van der Waals surface area (Å²) >= 11 is 0. The number of ether oxygens (including phenoxy) is 1. The molecule has 244 valence electrons. The largest absolute Gasteiger partial charge is 0.487 e. The second kappa shape index (κ2) is 12.6. The molecule has 0 N–H and O–H groups in total. The molecule has 1 heterocycles. The molecule has 2 aromatic rings. The normalized spacial score (nSPS) is 14.2. The first-order valence-electron chi connectivity index (χ1n) is 12.4. The lowest BCUT2D eigenvalue weighted by atomic mass is 9.91. The van der Waals surface area contributed by atoms with Crippen LogP contribution in [0.25, 0.3) is 11.4 Å². The Morgan fingerprint density at radius 2 is 1.05 bits per heavy atom. The molecule has 0 saturated carbocycles. The Morgan fingerprint density at radius 1 is 0.581 bits per heavy atom. The highest BCUT2D eigenvalue weighted by molar-refractivity contribution is 5.55. The minimum absolute atomic E-state index is 0.108. The molecule has 3 nitrogen and oxygen atoms in total. The van der Waals surface area contributed by atoms with Gasteiger partial charge in [0.15, 0.2) is 12.4 Å². The minimum atomic E-state index is -8.34. The number of unbranched alkanes of at least 4 members (excludes halogenated alkanes) is 4. The molecule has 0 fully saturated rings. The molecule has 1 aromatic heterocycles. The molecular weight excluding hydrogens is 629 g/mol. The number of benzene rings is 1. The number of nitrogens with zero attached hydrogens (tertiary/aromatic N) is 2. The number of rotatable bonds is 15. The third-order valence-electron chi connectivity index (χ3n) is 6.20. The van der Waals surface area contributed by atoms with Gasteiger partial charge in [-0.25, -0.2) is 9.97 Å². The quantitative estimate of drug-likeness (QED) is 0.142. The number of hydrogen-bond donors (Lipinski definition) is 0. The molecular formula is C25H23F15N2O. The molecule has 0 bridgehead atoms. The number of aryl methyl sites for hydroxylation is 1. The maximum atomic E-state index is 14.0. The summed E-state index contributed by atoms with van der Waals surface area (Å²) in [4.78, 5) is 8.21. The third kappa shape index (κ3) is 6.91. The molecule has 0 aliphatic carbocycles. The molecule has 43 heavy (non-hydrogen) atoms. The van der Waals surface area contributed by atoms with Crippen LogP contribution in [0.4, 0.5) is 65.9 Å². The van der Waals surface area contributed by atoms with Gasteiger partial charge in [-0.05, 0) is 42.7 Å². The molecule has 0 saturated heterocycles. The summed E-state index contributed by atoms with van der Waals surface area (Å²) in [5.41, 5.74) is 1.03. The summed E-state index contributed by atoms with van der Waals surface area (Å²) in [6, 6.07) is 3.79. The Kier molecular flexibility index (Phi) is 10.6. The molecule has 18 heteroatoms. The first-order chi connectivity index (χ1) is 19.5. The second-order valence-electron chi connectivity index (χ2n) is 9.47. The SMILES string of the molecule is CCCCCCCc1cnc(-c2ccc(OCC(F)(F)C(F)(F)C(F)(F)C(F)(F)C(F)(F)C(F)(F)C(F)(F)F)cc2)nc1. The van der Waals surface area contributed by atoms with Crippen LogP contribution < -0.4 is 4.74 Å². The molecule has 1 aromatic carbocycles. The van der Waals surface area contributed by atoms with E-state index in [1.165, 1.54) is 12.4 Å². The van der Waals surface area contributed by atoms with Crippen LogP contribution in [0, 0.1) is 0 Å². The minimum Gasteiger partial charge on any atom is -0.487 e. The van der Waals surface area contributed by atoms with Crippen molar-refractivity contribution in [2.45, 2.75) is 87.2 Å². The fourth-order valence-corrected chi connectivity index (χ4v) is 3.53. The van der Waals surface area contributed by atoms with E-state index in [2.05, 4.69) is 21.6 Å². The maximum absolute atomic E-state index is 14.0. The topological polar surface area (TPSA) is 35.0 Å². The zero-order valence-electron chi connectivity index (χ0n) is 21.9. The lowest BCUT2D eigenvalue weighted by Crippen LogP contribution is -2.73. The summed E-state index contributed by atoms with van der Waals surface area (Å²) in [5, 5.41) is 0. The van der Waals surface area contributed by atoms with Crippen molar-refractivity contribution in [1.82, 2.24) is 9.97 Å². The van der Waals surface area contributed by atoms with Crippen LogP contribution in [-0.4, -0.2) is 58.3 Å². The highest BCUT2D eigenvalue weighted by Gasteiger charge is 2.93. The second-order valence-corrected chi connectivity index (χ2v) is 9.47. The van der Waals surface area contributed by atoms with Crippen LogP contribution in [0.1, 0.15) is 44.6 Å². The van der Waals surface area contributed by atoms with Gasteiger partial charge in [0.05, 0.1) is 0 Å². The number of aromatic nitrogens is 2. The fourth-order valence-electron chi connectivity index (χ4n) is 3.53. The van der Waals surface area contributed by atoms with Crippen LogP contribution in [0.5, 0.6) is 5.75 Å². The summed E-state index contributed by atoms with van der Waals surface area (Å²) in [6.45, 7) is -0.839. The van der Waals surface area contributed by atoms with Crippen LogP contribution in [-0.2, 0) is 6.42 Å². The lowest BCUT2D eigenvalue weighted by molar-refractivity contribution is -0.453. The standard InChI is InChI=1S/C25H23F15N2O/c1-2-3-4-5-6-7-15-12-41-18(42-13-15)16-8-10-17(11-9-16)43-14-19(26,27)20(28,29)21(30,31)22(32,33)23(34,35)24(36,37)25(38,39)40/h8-13H,2-7,14H2,1H3. The summed E-state index contributed by atoms with van der Waals surface area (Å²) in [6.07, 6.45) is 1.21. The van der Waals surface area contributed by atoms with Gasteiger partial charge in [-0.2, -0.15) is 65.9 Å². The zero-order valence-corrected chi connectivity index (χ0v) is 21.9. The van der Waals surface area contributed by atoms with Crippen molar-refractivity contribution in [3.05, 3.63) is 42.2 Å². The molecule has 2 rings (SSSR count). The highest BCUT2D eigenvalue weighted by Crippen LogP contribution is 2.62. The van der Waals surface area contributed by atoms with Gasteiger partial charge in [0.25, 0.3) is 0 Å². The van der Waals surface area contributed by atoms with Crippen LogP contribution in [0.2, 0.25) is 0 Å². The van der Waals surface area contributed by atoms with E-state index >= 15 is 0 Å². The Hall–Kier alpha value is -2.95. The van der Waals surface area contributed by atoms with Gasteiger partial charge < -0.3 is 4.74 Å². The lowest BCUT2D eigenvalue weighted by Gasteiger charge is -2.41. The van der Waals surface area contributed by atoms with E-state index < -0.39 is 54.1 Å². The zero-order chi connectivity index (χ0) is 33.1. The predicted octanol–water partition coefficient (Wildman–Crippen LogP) is 9.41. The van der Waals surface area contributed by atoms with Crippen molar-refractivity contribution in [3.63, 3.8) is 0 Å². The van der Waals surface area contributed by atoms with Gasteiger partial charge >= 0.3 is 41.7 Å². The predicted molar refractivity (Wildman–Crippen MR) is 121 cm³/mol. The average molecular weight is 652 g/mol. The smallest absolute Gasteiger partial charge is 0.460 e. The molecule has 0 atom stereocenters. The Morgan fingerprint density at radius 3 is 1.53 bits per heavy atom. The van der Waals surface area contributed by atoms with E-state index in [-0.39, 0.29) is 11.4 Å². The van der Waals surface area contributed by atoms with Gasteiger partial charge in [-0.15, -0.1) is 0 Å². The van der Waals surface area contributed by atoms with Crippen molar-refractivity contribution in [3.8, 4) is 17.1 Å². The van der Waals surface area contributed by atoms with Gasteiger partial charge in [0.1, 0.15) is 5.75 Å². The maximum Gasteiger partial charge on any atom is 0.460 e. The monoisotopic (exact) mass is 652 g/mol. The van der Waals surface area contributed by atoms with Crippen LogP contribution in [0.15, 0.2) is 36.7 Å². The van der Waals surface area contributed by atoms with Crippen molar-refractivity contribution >= 4 is 0 Å². The Balaban J connectivity index is 2.15. The Bertz CT molecular complexity index is 1180. The van der Waals surface area contributed by atoms with Crippen molar-refractivity contribution in [2.75, 3.05) is 6.61 Å². The number of halogens is 15. The average Bonchev–Trinajstić information content (AvgIpc) is 2.91. The number of hydrogen-bond acceptors (Lipinski definition) is 3. The van der Waals surface area contributed by atoms with Crippen LogP contribution in [0.3, 0.4) is 0 Å². The fraction of sp³-hybridized carbons (Fsp3) is 0.600. The Labute approximate surface area is 234 Å². The van der Waals surface area contributed by atoms with Crippen molar-refractivity contribution in [1.29, 1.82) is 0 Å². The van der Waals surface area contributed by atoms with Gasteiger partial charge in [-0.3, -0.25) is 0 Å². The van der Waals surface area contributed by atoms with Gasteiger partial charge in [-0.1, -0.05) is 32.6 Å². The number of alkyl halides is 15. The molecule has 0 aliphatic rings. The highest BCUT2D eigenvalue weighted by atomic mass is 19.4. The summed E-state index contributed by atoms with van der Waals surface area (Å²) in [5.74, 6) is -47.6. The molecule has 0 radical (unpaired) electrons. The van der Waals surface area contributed by atoms with E-state index in [9.17, 15) is 65.9 Å². The van der Waals surface area contributed by atoms with E-state index in [0.29, 0.717) is 6.42 Å². The van der Waals surface area contributed by atoms with Crippen molar-refractivity contribution < 1.29 is 70.6 Å². The molecule has 0 aliphatic heterocycles.